The van der Waals surface area contributed by atoms with E-state index < -0.39 is 0 Å². The van der Waals surface area contributed by atoms with Crippen LogP contribution in [0.15, 0.2) is 35.4 Å². The number of ether oxygens (including phenoxy) is 1. The minimum atomic E-state index is -0.309. The Morgan fingerprint density at radius 1 is 1.07 bits per heavy atom. The van der Waals surface area contributed by atoms with E-state index in [0.29, 0.717) is 64.9 Å². The van der Waals surface area contributed by atoms with E-state index in [-0.39, 0.29) is 18.1 Å². The molecule has 8 rings (SSSR count). The van der Waals surface area contributed by atoms with Crippen LogP contribution in [0.4, 0.5) is 17.3 Å². The third-order valence-electron chi connectivity index (χ3n) is 10.3. The van der Waals surface area contributed by atoms with Crippen LogP contribution in [0.25, 0.3) is 11.1 Å². The van der Waals surface area contributed by atoms with Crippen molar-refractivity contribution in [3.05, 3.63) is 75.0 Å². The van der Waals surface area contributed by atoms with Gasteiger partial charge in [-0.05, 0) is 87.9 Å². The number of piperidine rings is 1. The number of carbonyl (C=O) groups is 1. The van der Waals surface area contributed by atoms with Crippen molar-refractivity contribution in [2.75, 3.05) is 43.1 Å². The zero-order chi connectivity index (χ0) is 31.4. The summed E-state index contributed by atoms with van der Waals surface area (Å²) >= 11 is 0. The topological polar surface area (TPSA) is 144 Å². The third kappa shape index (κ3) is 5.04. The first-order valence-electron chi connectivity index (χ1n) is 16.5. The number of likely N-dealkylation sites (tertiary alicyclic amines) is 1. The van der Waals surface area contributed by atoms with Crippen molar-refractivity contribution in [2.45, 2.75) is 70.6 Å². The van der Waals surface area contributed by atoms with Gasteiger partial charge in [-0.1, -0.05) is 0 Å². The summed E-state index contributed by atoms with van der Waals surface area (Å²) in [5.74, 6) is 2.19. The van der Waals surface area contributed by atoms with E-state index in [9.17, 15) is 14.7 Å². The van der Waals surface area contributed by atoms with Crippen LogP contribution in [-0.4, -0.2) is 79.3 Å². The van der Waals surface area contributed by atoms with Gasteiger partial charge in [0.05, 0.1) is 25.9 Å². The molecule has 3 aliphatic heterocycles. The summed E-state index contributed by atoms with van der Waals surface area (Å²) in [5, 5.41) is 13.9. The third-order valence-corrected chi connectivity index (χ3v) is 10.3. The molecule has 1 amide bonds. The number of fused-ring (bicyclic) bond motifs is 3. The molecule has 0 bridgehead atoms. The van der Waals surface area contributed by atoms with E-state index in [1.165, 1.54) is 11.3 Å². The number of aliphatic hydroxyl groups excluding tert-OH is 1. The number of hydrogen-bond donors (Lipinski definition) is 4. The summed E-state index contributed by atoms with van der Waals surface area (Å²) in [6.07, 6.45) is 9.85. The first-order chi connectivity index (χ1) is 22.5. The standard InChI is InChI=1S/C34H40N8O4/c1-20-25(15-27(33(44)37-20)38-30-16-36-31(39-30)21-7-10-40(11-8-21)23-18-46-19-23)24-6-9-35-32(26(24)17-43)42-13-12-41-28-5-3-2-4-22(28)14-29(41)34(42)45/h6,9,14-16,21,23,38,43H,2-5,7-8,10-13,17-19H2,1H3,(H,36,39)(H,37,44). The summed E-state index contributed by atoms with van der Waals surface area (Å²) in [6.45, 7) is 6.42. The Bertz CT molecular complexity index is 1850. The predicted octanol–water partition coefficient (Wildman–Crippen LogP) is 3.62. The van der Waals surface area contributed by atoms with Gasteiger partial charge in [0.1, 0.15) is 28.8 Å². The van der Waals surface area contributed by atoms with Gasteiger partial charge >= 0.3 is 0 Å². The summed E-state index contributed by atoms with van der Waals surface area (Å²) in [7, 11) is 0. The van der Waals surface area contributed by atoms with Crippen molar-refractivity contribution in [1.82, 2.24) is 29.4 Å². The molecule has 0 saturated carbocycles. The minimum Gasteiger partial charge on any atom is -0.392 e. The van der Waals surface area contributed by atoms with Crippen molar-refractivity contribution >= 4 is 23.2 Å². The number of aromatic nitrogens is 5. The number of imidazole rings is 1. The fourth-order valence-electron chi connectivity index (χ4n) is 7.68. The summed E-state index contributed by atoms with van der Waals surface area (Å²) in [6, 6.07) is 6.21. The Labute approximate surface area is 266 Å². The second-order valence-electron chi connectivity index (χ2n) is 13.0. The average molecular weight is 625 g/mol. The SMILES string of the molecule is Cc1[nH]c(=O)c(Nc2c[nH]c(C3CCN(C4COC4)CC3)n2)cc1-c1ccnc(N2CCn3c(cc4c3CCCC4)C2=O)c1CO. The number of pyridine rings is 2. The van der Waals surface area contributed by atoms with Gasteiger partial charge in [0.15, 0.2) is 0 Å². The molecule has 46 heavy (non-hydrogen) atoms. The van der Waals surface area contributed by atoms with Crippen LogP contribution in [0.2, 0.25) is 0 Å². The zero-order valence-corrected chi connectivity index (χ0v) is 26.1. The number of nitrogens with zero attached hydrogens (tertiary/aromatic N) is 5. The van der Waals surface area contributed by atoms with Gasteiger partial charge in [-0.25, -0.2) is 9.97 Å². The van der Waals surface area contributed by atoms with E-state index in [1.54, 1.807) is 23.4 Å². The van der Waals surface area contributed by atoms with E-state index in [1.807, 2.05) is 19.1 Å². The Kier molecular flexibility index (Phi) is 7.50. The molecule has 0 atom stereocenters. The molecule has 4 aromatic rings. The van der Waals surface area contributed by atoms with E-state index in [2.05, 4.69) is 29.7 Å². The number of amides is 1. The Morgan fingerprint density at radius 2 is 1.89 bits per heavy atom. The molecule has 2 fully saturated rings. The van der Waals surface area contributed by atoms with Crippen molar-refractivity contribution in [3.63, 3.8) is 0 Å². The van der Waals surface area contributed by atoms with Gasteiger partial charge in [-0.2, -0.15) is 0 Å². The summed E-state index contributed by atoms with van der Waals surface area (Å²) in [5.41, 5.74) is 5.98. The molecule has 12 nitrogen and oxygen atoms in total. The maximum atomic E-state index is 13.8. The second kappa shape index (κ2) is 11.8. The molecule has 4 aliphatic rings. The van der Waals surface area contributed by atoms with Crippen LogP contribution in [0.3, 0.4) is 0 Å². The number of aromatic amines is 2. The molecule has 7 heterocycles. The van der Waals surface area contributed by atoms with Crippen molar-refractivity contribution in [1.29, 1.82) is 0 Å². The number of aliphatic hydroxyl groups is 1. The van der Waals surface area contributed by atoms with Crippen LogP contribution in [0.1, 0.15) is 70.4 Å². The van der Waals surface area contributed by atoms with E-state index >= 15 is 0 Å². The van der Waals surface area contributed by atoms with Crippen molar-refractivity contribution < 1.29 is 14.6 Å². The lowest BCUT2D eigenvalue weighted by molar-refractivity contribution is -0.0714. The van der Waals surface area contributed by atoms with Gasteiger partial charge in [0.25, 0.3) is 11.5 Å². The van der Waals surface area contributed by atoms with Gasteiger partial charge in [0.2, 0.25) is 0 Å². The number of H-pyrrole nitrogens is 2. The molecule has 0 radical (unpaired) electrons. The highest BCUT2D eigenvalue weighted by atomic mass is 16.5. The van der Waals surface area contributed by atoms with E-state index in [4.69, 9.17) is 9.72 Å². The fraction of sp³-hybridized carbons (Fsp3) is 0.471. The van der Waals surface area contributed by atoms with Crippen LogP contribution in [-0.2, 0) is 30.7 Å². The largest absolute Gasteiger partial charge is 0.392 e. The summed E-state index contributed by atoms with van der Waals surface area (Å²) < 4.78 is 7.53. The van der Waals surface area contributed by atoms with Crippen LogP contribution < -0.4 is 15.8 Å². The molecule has 240 valence electrons. The molecule has 4 N–H and O–H groups in total. The molecule has 0 unspecified atom stereocenters. The first-order valence-corrected chi connectivity index (χ1v) is 16.5. The highest BCUT2D eigenvalue weighted by Gasteiger charge is 2.33. The summed E-state index contributed by atoms with van der Waals surface area (Å²) in [4.78, 5) is 46.8. The maximum absolute atomic E-state index is 13.8. The number of nitrogens with one attached hydrogen (secondary N) is 3. The lowest BCUT2D eigenvalue weighted by atomic mass is 9.95. The quantitative estimate of drug-likeness (QED) is 0.244. The monoisotopic (exact) mass is 624 g/mol. The van der Waals surface area contributed by atoms with Gasteiger partial charge < -0.3 is 29.7 Å². The molecule has 4 aromatic heterocycles. The van der Waals surface area contributed by atoms with Gasteiger partial charge in [-0.15, -0.1) is 0 Å². The molecule has 0 aromatic carbocycles. The second-order valence-corrected chi connectivity index (χ2v) is 13.0. The molecular formula is C34H40N8O4. The first kappa shape index (κ1) is 29.2. The molecule has 0 spiro atoms. The Hall–Kier alpha value is -4.26. The lowest BCUT2D eigenvalue weighted by Crippen LogP contribution is -2.51. The maximum Gasteiger partial charge on any atom is 0.276 e. The number of hydrogen-bond acceptors (Lipinski definition) is 8. The zero-order valence-electron chi connectivity index (χ0n) is 26.1. The highest BCUT2D eigenvalue weighted by Crippen LogP contribution is 2.36. The smallest absolute Gasteiger partial charge is 0.276 e. The minimum absolute atomic E-state index is 0.0994. The lowest BCUT2D eigenvalue weighted by Gasteiger charge is -2.41. The predicted molar refractivity (Wildman–Crippen MR) is 174 cm³/mol. The normalized spacial score (nSPS) is 19.2. The Morgan fingerprint density at radius 3 is 2.67 bits per heavy atom. The van der Waals surface area contributed by atoms with Crippen LogP contribution >= 0.6 is 0 Å². The number of aryl methyl sites for hydroxylation is 2. The van der Waals surface area contributed by atoms with E-state index in [0.717, 1.165) is 76.2 Å². The number of anilines is 3. The fourth-order valence-corrected chi connectivity index (χ4v) is 7.68. The van der Waals surface area contributed by atoms with Crippen molar-refractivity contribution in [2.24, 2.45) is 0 Å². The van der Waals surface area contributed by atoms with Crippen LogP contribution in [0.5, 0.6) is 0 Å². The van der Waals surface area contributed by atoms with Crippen LogP contribution in [0, 0.1) is 6.92 Å². The highest BCUT2D eigenvalue weighted by molar-refractivity contribution is 6.06. The average Bonchev–Trinajstić information content (AvgIpc) is 3.67. The number of rotatable bonds is 7. The molecule has 1 aliphatic carbocycles. The van der Waals surface area contributed by atoms with Gasteiger partial charge in [0, 0.05) is 53.9 Å². The Balaban J connectivity index is 1.05. The van der Waals surface area contributed by atoms with Crippen molar-refractivity contribution in [3.8, 4) is 11.1 Å². The molecule has 12 heteroatoms. The van der Waals surface area contributed by atoms with Gasteiger partial charge in [-0.3, -0.25) is 19.4 Å². The number of carbonyl (C=O) groups excluding carboxylic acids is 1. The molecular weight excluding hydrogens is 584 g/mol. The molecule has 2 saturated heterocycles.